The van der Waals surface area contributed by atoms with E-state index in [0.29, 0.717) is 19.3 Å². The molecule has 0 aliphatic carbocycles. The molecule has 1 unspecified atom stereocenters. The average molecular weight is 1140 g/mol. The van der Waals surface area contributed by atoms with Crippen LogP contribution < -0.4 is 0 Å². The van der Waals surface area contributed by atoms with Crippen LogP contribution >= 0.6 is 0 Å². The van der Waals surface area contributed by atoms with Gasteiger partial charge in [-0.3, -0.25) is 14.4 Å². The fourth-order valence-electron chi connectivity index (χ4n) is 10.3. The van der Waals surface area contributed by atoms with E-state index in [-0.39, 0.29) is 31.1 Å². The molecule has 0 amide bonds. The van der Waals surface area contributed by atoms with Crippen molar-refractivity contribution in [2.75, 3.05) is 13.2 Å². The molecule has 6 heteroatoms. The summed E-state index contributed by atoms with van der Waals surface area (Å²) < 4.78 is 16.9. The Kier molecular flexibility index (Phi) is 67.2. The molecule has 82 heavy (non-hydrogen) atoms. The Balaban J connectivity index is 4.18. The van der Waals surface area contributed by atoms with Crippen molar-refractivity contribution in [1.29, 1.82) is 0 Å². The molecule has 1 atom stereocenters. The number of carbonyl (C=O) groups is 3. The van der Waals surface area contributed by atoms with Gasteiger partial charge in [0.1, 0.15) is 13.2 Å². The van der Waals surface area contributed by atoms with E-state index in [4.69, 9.17) is 14.2 Å². The quantitative estimate of drug-likeness (QED) is 0.0261. The zero-order valence-corrected chi connectivity index (χ0v) is 54.5. The van der Waals surface area contributed by atoms with Gasteiger partial charge in [-0.2, -0.15) is 0 Å². The minimum absolute atomic E-state index is 0.0861. The second kappa shape index (κ2) is 70.1. The van der Waals surface area contributed by atoms with E-state index in [1.807, 2.05) is 0 Å². The highest BCUT2D eigenvalue weighted by Crippen LogP contribution is 2.18. The van der Waals surface area contributed by atoms with Gasteiger partial charge in [0.05, 0.1) is 0 Å². The van der Waals surface area contributed by atoms with Crippen LogP contribution in [0.4, 0.5) is 0 Å². The molecule has 0 aliphatic rings. The molecule has 474 valence electrons. The molecule has 0 aromatic carbocycles. The minimum atomic E-state index is -0.793. The number of carbonyl (C=O) groups excluding carboxylic acids is 3. The van der Waals surface area contributed by atoms with Crippen LogP contribution in [0.25, 0.3) is 0 Å². The molecule has 0 heterocycles. The first kappa shape index (κ1) is 78.6. The second-order valence-corrected chi connectivity index (χ2v) is 23.8. The molecular formula is C76H134O6. The molecule has 0 radical (unpaired) electrons. The lowest BCUT2D eigenvalue weighted by atomic mass is 10.0. The first-order valence-corrected chi connectivity index (χ1v) is 35.6. The topological polar surface area (TPSA) is 78.9 Å². The van der Waals surface area contributed by atoms with Gasteiger partial charge >= 0.3 is 17.9 Å². The lowest BCUT2D eigenvalue weighted by Gasteiger charge is -2.18. The molecule has 0 fully saturated rings. The molecule has 0 aromatic rings. The summed E-state index contributed by atoms with van der Waals surface area (Å²) in [7, 11) is 0. The summed E-state index contributed by atoms with van der Waals surface area (Å²) in [6.07, 6.45) is 93.4. The van der Waals surface area contributed by atoms with Crippen molar-refractivity contribution >= 4 is 17.9 Å². The van der Waals surface area contributed by atoms with Crippen LogP contribution in [0.15, 0.2) is 85.1 Å². The Morgan fingerprint density at radius 2 is 0.476 bits per heavy atom. The SMILES string of the molecule is CC/C=C\C/C=C\C/C=C\C/C=C\CCCCCCC(=O)OC(COC(=O)CCCCCCC/C=C\CCCCCCC)COC(=O)CCCCCCCCCCCCCCCCCCCCCCC/C=C\C/C=C\CCCCCCC. The van der Waals surface area contributed by atoms with Gasteiger partial charge in [0.25, 0.3) is 0 Å². The van der Waals surface area contributed by atoms with Crippen LogP contribution in [-0.4, -0.2) is 37.2 Å². The predicted octanol–water partition coefficient (Wildman–Crippen LogP) is 24.6. The van der Waals surface area contributed by atoms with E-state index in [2.05, 4.69) is 106 Å². The number of hydrogen-bond donors (Lipinski definition) is 0. The zero-order valence-electron chi connectivity index (χ0n) is 54.5. The largest absolute Gasteiger partial charge is 0.462 e. The predicted molar refractivity (Wildman–Crippen MR) is 358 cm³/mol. The molecule has 0 rings (SSSR count). The van der Waals surface area contributed by atoms with E-state index in [1.54, 1.807) is 0 Å². The van der Waals surface area contributed by atoms with Crippen molar-refractivity contribution < 1.29 is 28.6 Å². The number of unbranched alkanes of at least 4 members (excludes halogenated alkanes) is 40. The third-order valence-electron chi connectivity index (χ3n) is 15.6. The van der Waals surface area contributed by atoms with Crippen LogP contribution in [-0.2, 0) is 28.6 Å². The van der Waals surface area contributed by atoms with Crippen molar-refractivity contribution in [1.82, 2.24) is 0 Å². The number of esters is 3. The molecule has 0 aliphatic heterocycles. The average Bonchev–Trinajstić information content (AvgIpc) is 3.48. The summed E-state index contributed by atoms with van der Waals surface area (Å²) in [5.74, 6) is -0.902. The van der Waals surface area contributed by atoms with E-state index in [1.165, 1.54) is 212 Å². The summed E-state index contributed by atoms with van der Waals surface area (Å²) in [6, 6.07) is 0. The fraction of sp³-hybridized carbons (Fsp3) is 0.776. The van der Waals surface area contributed by atoms with Crippen molar-refractivity contribution in [2.24, 2.45) is 0 Å². The van der Waals surface area contributed by atoms with Crippen molar-refractivity contribution in [3.8, 4) is 0 Å². The third-order valence-corrected chi connectivity index (χ3v) is 15.6. The van der Waals surface area contributed by atoms with Crippen LogP contribution in [0, 0.1) is 0 Å². The maximum Gasteiger partial charge on any atom is 0.306 e. The van der Waals surface area contributed by atoms with Crippen molar-refractivity contribution in [3.63, 3.8) is 0 Å². The molecule has 0 bridgehead atoms. The lowest BCUT2D eigenvalue weighted by Crippen LogP contribution is -2.30. The molecule has 0 aromatic heterocycles. The van der Waals surface area contributed by atoms with E-state index < -0.39 is 6.10 Å². The van der Waals surface area contributed by atoms with Crippen molar-refractivity contribution in [3.05, 3.63) is 85.1 Å². The third kappa shape index (κ3) is 67.4. The van der Waals surface area contributed by atoms with Gasteiger partial charge < -0.3 is 14.2 Å². The van der Waals surface area contributed by atoms with Gasteiger partial charge in [0.2, 0.25) is 0 Å². The number of ether oxygens (including phenoxy) is 3. The Morgan fingerprint density at radius 1 is 0.256 bits per heavy atom. The van der Waals surface area contributed by atoms with Gasteiger partial charge in [-0.15, -0.1) is 0 Å². The van der Waals surface area contributed by atoms with Gasteiger partial charge in [-0.05, 0) is 116 Å². The van der Waals surface area contributed by atoms with Crippen LogP contribution in [0.2, 0.25) is 0 Å². The zero-order chi connectivity index (χ0) is 59.2. The normalized spacial score (nSPS) is 12.6. The van der Waals surface area contributed by atoms with E-state index in [9.17, 15) is 14.4 Å². The second-order valence-electron chi connectivity index (χ2n) is 23.8. The molecule has 0 saturated carbocycles. The summed E-state index contributed by atoms with van der Waals surface area (Å²) >= 11 is 0. The first-order valence-electron chi connectivity index (χ1n) is 35.6. The summed E-state index contributed by atoms with van der Waals surface area (Å²) in [5.41, 5.74) is 0. The Hall–Kier alpha value is -3.41. The van der Waals surface area contributed by atoms with E-state index >= 15 is 0 Å². The molecule has 0 spiro atoms. The van der Waals surface area contributed by atoms with Crippen LogP contribution in [0.1, 0.15) is 361 Å². The van der Waals surface area contributed by atoms with Crippen LogP contribution in [0.5, 0.6) is 0 Å². The molecular weight excluding hydrogens is 1010 g/mol. The summed E-state index contributed by atoms with van der Waals surface area (Å²) in [5, 5.41) is 0. The maximum absolute atomic E-state index is 12.9. The fourth-order valence-corrected chi connectivity index (χ4v) is 10.3. The van der Waals surface area contributed by atoms with Gasteiger partial charge in [0, 0.05) is 19.3 Å². The standard InChI is InChI=1S/C76H134O6/c1-4-7-10-13-16-19-22-25-28-30-31-32-33-34-35-36-37-38-39-40-41-42-43-44-45-47-48-51-54-57-60-63-66-69-75(78)81-72-73(71-80-74(77)68-65-62-59-56-53-50-27-24-21-18-15-12-9-6-3)82-76(79)70-67-64-61-58-55-52-49-46-29-26-23-20-17-14-11-8-5-2/h8,11,17,20,22,24-27,29-31,49,52,73H,4-7,9-10,12-16,18-19,21,23,28,32-48,50-51,53-72H2,1-3H3/b11-8-,20-17-,25-22-,27-24-,29-26-,31-30-,52-49-. The number of rotatable bonds is 65. The highest BCUT2D eigenvalue weighted by molar-refractivity contribution is 5.71. The smallest absolute Gasteiger partial charge is 0.306 e. The molecule has 6 nitrogen and oxygen atoms in total. The highest BCUT2D eigenvalue weighted by atomic mass is 16.6. The van der Waals surface area contributed by atoms with Gasteiger partial charge in [-0.1, -0.05) is 311 Å². The van der Waals surface area contributed by atoms with Crippen LogP contribution in [0.3, 0.4) is 0 Å². The minimum Gasteiger partial charge on any atom is -0.462 e. The lowest BCUT2D eigenvalue weighted by molar-refractivity contribution is -0.167. The Morgan fingerprint density at radius 3 is 0.756 bits per heavy atom. The van der Waals surface area contributed by atoms with Gasteiger partial charge in [-0.25, -0.2) is 0 Å². The number of allylic oxidation sites excluding steroid dienone is 14. The monoisotopic (exact) mass is 1140 g/mol. The van der Waals surface area contributed by atoms with Gasteiger partial charge in [0.15, 0.2) is 6.10 Å². The highest BCUT2D eigenvalue weighted by Gasteiger charge is 2.19. The van der Waals surface area contributed by atoms with E-state index in [0.717, 1.165) is 109 Å². The molecule has 0 saturated heterocycles. The first-order chi connectivity index (χ1) is 40.5. The summed E-state index contributed by atoms with van der Waals surface area (Å²) in [6.45, 7) is 6.52. The Labute approximate surface area is 509 Å². The number of hydrogen-bond acceptors (Lipinski definition) is 6. The maximum atomic E-state index is 12.9. The Bertz CT molecular complexity index is 1550. The summed E-state index contributed by atoms with van der Waals surface area (Å²) in [4.78, 5) is 38.4. The van der Waals surface area contributed by atoms with Crippen molar-refractivity contribution in [2.45, 2.75) is 367 Å². The molecule has 0 N–H and O–H groups in total.